The number of carbonyl (C=O) groups excluding carboxylic acids is 2. The van der Waals surface area contributed by atoms with Crippen LogP contribution < -0.4 is 14.8 Å². The molecule has 0 bridgehead atoms. The van der Waals surface area contributed by atoms with Crippen LogP contribution in [0, 0.1) is 13.8 Å². The van der Waals surface area contributed by atoms with Crippen LogP contribution in [-0.2, 0) is 4.79 Å². The largest absolute Gasteiger partial charge is 0.454 e. The molecule has 0 saturated heterocycles. The van der Waals surface area contributed by atoms with Gasteiger partial charge in [0.2, 0.25) is 6.79 Å². The number of hydrogen-bond donors (Lipinski definition) is 1. The third-order valence-electron chi connectivity index (χ3n) is 5.99. The lowest BCUT2D eigenvalue weighted by Crippen LogP contribution is -2.49. The Kier molecular flexibility index (Phi) is 6.25. The minimum atomic E-state index is -0.397. The van der Waals surface area contributed by atoms with E-state index in [-0.39, 0.29) is 31.3 Å². The standard InChI is InChI=1S/C26H32N4O4/c1-16-7-8-18(11-17(16)2)20-13-21(19-9-10-22-23(12-19)34-15-33-22)30(28-20)24(31)14-29(6)25(32)27-26(3,4)5/h7-12,21H,13-15H2,1-6H3,(H,27,32)/t21-/m1/s1. The van der Waals surface area contributed by atoms with E-state index in [0.29, 0.717) is 17.9 Å². The number of amides is 3. The summed E-state index contributed by atoms with van der Waals surface area (Å²) in [6, 6.07) is 11.3. The van der Waals surface area contributed by atoms with Crippen molar-refractivity contribution in [3.63, 3.8) is 0 Å². The fraction of sp³-hybridized carbons (Fsp3) is 0.423. The Bertz CT molecular complexity index is 1150. The van der Waals surface area contributed by atoms with E-state index in [1.54, 1.807) is 7.05 Å². The van der Waals surface area contributed by atoms with Crippen molar-refractivity contribution in [1.82, 2.24) is 15.2 Å². The molecule has 8 heteroatoms. The quantitative estimate of drug-likeness (QED) is 0.737. The summed E-state index contributed by atoms with van der Waals surface area (Å²) in [6.45, 7) is 9.93. The second-order valence-corrected chi connectivity index (χ2v) is 9.95. The van der Waals surface area contributed by atoms with Gasteiger partial charge in [0.1, 0.15) is 6.54 Å². The summed E-state index contributed by atoms with van der Waals surface area (Å²) in [7, 11) is 1.61. The molecule has 0 radical (unpaired) electrons. The highest BCUT2D eigenvalue weighted by Gasteiger charge is 2.35. The maximum absolute atomic E-state index is 13.4. The van der Waals surface area contributed by atoms with Gasteiger partial charge in [-0.15, -0.1) is 0 Å². The van der Waals surface area contributed by atoms with Gasteiger partial charge in [-0.1, -0.05) is 18.2 Å². The van der Waals surface area contributed by atoms with Crippen LogP contribution in [0.1, 0.15) is 55.5 Å². The van der Waals surface area contributed by atoms with Gasteiger partial charge >= 0.3 is 6.03 Å². The number of nitrogens with one attached hydrogen (secondary N) is 1. The lowest BCUT2D eigenvalue weighted by atomic mass is 9.96. The van der Waals surface area contributed by atoms with Crippen LogP contribution in [0.2, 0.25) is 0 Å². The highest BCUT2D eigenvalue weighted by molar-refractivity contribution is 6.03. The molecule has 1 N–H and O–H groups in total. The normalized spacial score (nSPS) is 16.9. The smallest absolute Gasteiger partial charge is 0.318 e. The van der Waals surface area contributed by atoms with Crippen LogP contribution in [0.5, 0.6) is 11.5 Å². The number of benzene rings is 2. The Labute approximate surface area is 200 Å². The number of fused-ring (bicyclic) bond motifs is 1. The summed E-state index contributed by atoms with van der Waals surface area (Å²) < 4.78 is 11.0. The van der Waals surface area contributed by atoms with Gasteiger partial charge in [0.15, 0.2) is 11.5 Å². The van der Waals surface area contributed by atoms with Crippen LogP contribution >= 0.6 is 0 Å². The summed E-state index contributed by atoms with van der Waals surface area (Å²) in [6.07, 6.45) is 0.561. The summed E-state index contributed by atoms with van der Waals surface area (Å²) in [5.74, 6) is 1.09. The van der Waals surface area contributed by atoms with E-state index in [4.69, 9.17) is 14.6 Å². The summed E-state index contributed by atoms with van der Waals surface area (Å²) in [5, 5.41) is 9.12. The van der Waals surface area contributed by atoms with E-state index < -0.39 is 5.54 Å². The Morgan fingerprint density at radius 1 is 1.09 bits per heavy atom. The van der Waals surface area contributed by atoms with Crippen LogP contribution in [0.25, 0.3) is 0 Å². The molecule has 0 unspecified atom stereocenters. The van der Waals surface area contributed by atoms with Gasteiger partial charge < -0.3 is 19.7 Å². The molecule has 1 atom stereocenters. The predicted molar refractivity (Wildman–Crippen MR) is 130 cm³/mol. The van der Waals surface area contributed by atoms with Crippen molar-refractivity contribution in [2.24, 2.45) is 5.10 Å². The fourth-order valence-electron chi connectivity index (χ4n) is 3.98. The van der Waals surface area contributed by atoms with E-state index in [9.17, 15) is 9.59 Å². The Hall–Kier alpha value is -3.55. The number of likely N-dealkylation sites (N-methyl/N-ethyl adjacent to an activating group) is 1. The van der Waals surface area contributed by atoms with Crippen molar-refractivity contribution >= 4 is 17.6 Å². The third-order valence-corrected chi connectivity index (χ3v) is 5.99. The predicted octanol–water partition coefficient (Wildman–Crippen LogP) is 4.15. The first-order chi connectivity index (χ1) is 16.0. The zero-order valence-electron chi connectivity index (χ0n) is 20.6. The molecule has 180 valence electrons. The molecule has 2 aromatic carbocycles. The molecule has 2 aromatic rings. The Morgan fingerprint density at radius 2 is 1.82 bits per heavy atom. The Balaban J connectivity index is 1.61. The molecule has 8 nitrogen and oxygen atoms in total. The number of nitrogens with zero attached hydrogens (tertiary/aromatic N) is 3. The molecule has 0 aliphatic carbocycles. The minimum Gasteiger partial charge on any atom is -0.454 e. The van der Waals surface area contributed by atoms with E-state index in [0.717, 1.165) is 16.8 Å². The topological polar surface area (TPSA) is 83.5 Å². The third kappa shape index (κ3) is 5.00. The van der Waals surface area contributed by atoms with Gasteiger partial charge in [-0.25, -0.2) is 9.80 Å². The molecular weight excluding hydrogens is 432 g/mol. The lowest BCUT2D eigenvalue weighted by molar-refractivity contribution is -0.133. The van der Waals surface area contributed by atoms with Crippen molar-refractivity contribution in [2.45, 2.75) is 52.6 Å². The number of urea groups is 1. The van der Waals surface area contributed by atoms with Crippen LogP contribution in [0.3, 0.4) is 0 Å². The Morgan fingerprint density at radius 3 is 2.53 bits per heavy atom. The van der Waals surface area contributed by atoms with Crippen LogP contribution in [0.4, 0.5) is 4.79 Å². The van der Waals surface area contributed by atoms with Crippen molar-refractivity contribution in [2.75, 3.05) is 20.4 Å². The number of aryl methyl sites for hydroxylation is 2. The van der Waals surface area contributed by atoms with E-state index in [1.807, 2.05) is 45.0 Å². The second kappa shape index (κ2) is 9.00. The molecule has 2 aliphatic rings. The summed E-state index contributed by atoms with van der Waals surface area (Å²) in [5.41, 5.74) is 4.70. The molecule has 0 saturated carbocycles. The lowest BCUT2D eigenvalue weighted by Gasteiger charge is -2.28. The van der Waals surface area contributed by atoms with E-state index in [2.05, 4.69) is 31.3 Å². The fourth-order valence-corrected chi connectivity index (χ4v) is 3.98. The van der Waals surface area contributed by atoms with Gasteiger partial charge in [-0.05, 0) is 75.1 Å². The van der Waals surface area contributed by atoms with Crippen LogP contribution in [0.15, 0.2) is 41.5 Å². The molecular formula is C26H32N4O4. The second-order valence-electron chi connectivity index (χ2n) is 9.95. The van der Waals surface area contributed by atoms with Crippen molar-refractivity contribution in [3.05, 3.63) is 58.7 Å². The molecule has 3 amide bonds. The molecule has 0 fully saturated rings. The van der Waals surface area contributed by atoms with Gasteiger partial charge in [-0.2, -0.15) is 5.10 Å². The average Bonchev–Trinajstić information content (AvgIpc) is 3.41. The first-order valence-corrected chi connectivity index (χ1v) is 11.4. The first-order valence-electron chi connectivity index (χ1n) is 11.4. The number of ether oxygens (including phenoxy) is 2. The number of carbonyl (C=O) groups is 2. The monoisotopic (exact) mass is 464 g/mol. The van der Waals surface area contributed by atoms with Crippen LogP contribution in [-0.4, -0.2) is 53.5 Å². The maximum Gasteiger partial charge on any atom is 0.318 e. The van der Waals surface area contributed by atoms with Crippen molar-refractivity contribution < 1.29 is 19.1 Å². The zero-order chi connectivity index (χ0) is 24.6. The highest BCUT2D eigenvalue weighted by Crippen LogP contribution is 2.39. The summed E-state index contributed by atoms with van der Waals surface area (Å²) >= 11 is 0. The van der Waals surface area contributed by atoms with Crippen molar-refractivity contribution in [3.8, 4) is 11.5 Å². The molecule has 34 heavy (non-hydrogen) atoms. The number of rotatable bonds is 4. The average molecular weight is 465 g/mol. The van der Waals surface area contributed by atoms with Gasteiger partial charge in [0.05, 0.1) is 11.8 Å². The molecule has 4 rings (SSSR count). The maximum atomic E-state index is 13.4. The number of hydrazone groups is 1. The molecule has 0 aromatic heterocycles. The first kappa shape index (κ1) is 23.6. The molecule has 2 aliphatic heterocycles. The van der Waals surface area contributed by atoms with E-state index >= 15 is 0 Å². The highest BCUT2D eigenvalue weighted by atomic mass is 16.7. The zero-order valence-corrected chi connectivity index (χ0v) is 20.6. The van der Waals surface area contributed by atoms with E-state index in [1.165, 1.54) is 21.0 Å². The van der Waals surface area contributed by atoms with Crippen molar-refractivity contribution in [1.29, 1.82) is 0 Å². The van der Waals surface area contributed by atoms with Gasteiger partial charge in [0, 0.05) is 19.0 Å². The minimum absolute atomic E-state index is 0.0906. The SMILES string of the molecule is Cc1ccc(C2=NN(C(=O)CN(C)C(=O)NC(C)(C)C)[C@@H](c3ccc4c(c3)OCO4)C2)cc1C. The summed E-state index contributed by atoms with van der Waals surface area (Å²) in [4.78, 5) is 27.3. The van der Waals surface area contributed by atoms with Gasteiger partial charge in [-0.3, -0.25) is 4.79 Å². The number of hydrogen-bond acceptors (Lipinski definition) is 5. The van der Waals surface area contributed by atoms with Gasteiger partial charge in [0.25, 0.3) is 5.91 Å². The molecule has 2 heterocycles. The molecule has 0 spiro atoms.